The molecular weight excluding hydrogens is 178 g/mol. The van der Waals surface area contributed by atoms with Crippen molar-refractivity contribution in [2.45, 2.75) is 13.3 Å². The van der Waals surface area contributed by atoms with Gasteiger partial charge in [-0.2, -0.15) is 0 Å². The molecule has 0 unspecified atom stereocenters. The van der Waals surface area contributed by atoms with Gasteiger partial charge in [0.25, 0.3) is 0 Å². The van der Waals surface area contributed by atoms with Crippen LogP contribution in [0.5, 0.6) is 5.75 Å². The predicted octanol–water partition coefficient (Wildman–Crippen LogP) is 1.36. The van der Waals surface area contributed by atoms with E-state index in [0.29, 0.717) is 5.56 Å². The van der Waals surface area contributed by atoms with Crippen LogP contribution in [0, 0.1) is 0 Å². The van der Waals surface area contributed by atoms with E-state index < -0.39 is 0 Å². The Hall–Kier alpha value is -1.35. The summed E-state index contributed by atoms with van der Waals surface area (Å²) in [6, 6.07) is 5.26. The average molecular weight is 193 g/mol. The van der Waals surface area contributed by atoms with Gasteiger partial charge < -0.3 is 10.4 Å². The Morgan fingerprint density at radius 1 is 1.50 bits per heavy atom. The van der Waals surface area contributed by atoms with Gasteiger partial charge in [0.05, 0.1) is 12.1 Å². The topological polar surface area (TPSA) is 49.3 Å². The van der Waals surface area contributed by atoms with E-state index in [1.54, 1.807) is 19.2 Å². The minimum atomic E-state index is -0.0831. The van der Waals surface area contributed by atoms with Crippen LogP contribution in [0.15, 0.2) is 18.2 Å². The van der Waals surface area contributed by atoms with Crippen LogP contribution in [-0.2, 0) is 6.42 Å². The Labute approximate surface area is 83.8 Å². The standard InChI is InChI=1S/C11H15NO2/c1-3-8-5-4-6-9(11(8)14)10(13)7-12-2/h4-6,12,14H,3,7H2,1-2H3. The molecule has 0 spiro atoms. The van der Waals surface area contributed by atoms with Gasteiger partial charge in [-0.25, -0.2) is 0 Å². The first kappa shape index (κ1) is 10.7. The maximum absolute atomic E-state index is 11.5. The van der Waals surface area contributed by atoms with Crippen molar-refractivity contribution in [3.63, 3.8) is 0 Å². The molecule has 0 amide bonds. The fourth-order valence-corrected chi connectivity index (χ4v) is 1.36. The lowest BCUT2D eigenvalue weighted by Gasteiger charge is -2.06. The normalized spacial score (nSPS) is 10.1. The highest BCUT2D eigenvalue weighted by Gasteiger charge is 2.11. The number of phenols is 1. The molecule has 0 bridgehead atoms. The van der Waals surface area contributed by atoms with E-state index in [1.807, 2.05) is 13.0 Å². The van der Waals surface area contributed by atoms with Crippen LogP contribution in [0.1, 0.15) is 22.8 Å². The van der Waals surface area contributed by atoms with Gasteiger partial charge in [-0.1, -0.05) is 19.1 Å². The molecule has 76 valence electrons. The lowest BCUT2D eigenvalue weighted by atomic mass is 10.0. The minimum absolute atomic E-state index is 0.0831. The van der Waals surface area contributed by atoms with Gasteiger partial charge in [0.2, 0.25) is 0 Å². The Balaban J connectivity index is 3.03. The second-order valence-corrected chi connectivity index (χ2v) is 3.12. The van der Waals surface area contributed by atoms with Crippen molar-refractivity contribution >= 4 is 5.78 Å². The van der Waals surface area contributed by atoms with Gasteiger partial charge in [-0.3, -0.25) is 4.79 Å². The average Bonchev–Trinajstić information content (AvgIpc) is 2.18. The van der Waals surface area contributed by atoms with Gasteiger partial charge in [0.15, 0.2) is 5.78 Å². The molecule has 0 saturated carbocycles. The molecule has 0 heterocycles. The third-order valence-electron chi connectivity index (χ3n) is 2.14. The van der Waals surface area contributed by atoms with Gasteiger partial charge in [0.1, 0.15) is 5.75 Å². The maximum atomic E-state index is 11.5. The zero-order chi connectivity index (χ0) is 10.6. The molecule has 14 heavy (non-hydrogen) atoms. The molecule has 0 aliphatic heterocycles. The van der Waals surface area contributed by atoms with E-state index in [4.69, 9.17) is 0 Å². The highest BCUT2D eigenvalue weighted by atomic mass is 16.3. The van der Waals surface area contributed by atoms with Gasteiger partial charge in [-0.15, -0.1) is 0 Å². The Kier molecular flexibility index (Phi) is 3.65. The van der Waals surface area contributed by atoms with Crippen molar-refractivity contribution in [3.8, 4) is 5.75 Å². The third kappa shape index (κ3) is 2.12. The molecule has 0 atom stereocenters. The number of nitrogens with one attached hydrogen (secondary N) is 1. The number of hydrogen-bond acceptors (Lipinski definition) is 3. The van der Waals surface area contributed by atoms with E-state index in [9.17, 15) is 9.90 Å². The van der Waals surface area contributed by atoms with Gasteiger partial charge in [-0.05, 0) is 25.1 Å². The number of para-hydroxylation sites is 1. The van der Waals surface area contributed by atoms with Crippen LogP contribution in [0.3, 0.4) is 0 Å². The Morgan fingerprint density at radius 2 is 2.21 bits per heavy atom. The van der Waals surface area contributed by atoms with Crippen molar-refractivity contribution in [2.75, 3.05) is 13.6 Å². The van der Waals surface area contributed by atoms with Crippen LogP contribution in [0.4, 0.5) is 0 Å². The highest BCUT2D eigenvalue weighted by molar-refractivity contribution is 6.00. The summed E-state index contributed by atoms with van der Waals surface area (Å²) >= 11 is 0. The summed E-state index contributed by atoms with van der Waals surface area (Å²) in [6.07, 6.45) is 0.729. The molecule has 0 saturated heterocycles. The molecular formula is C11H15NO2. The third-order valence-corrected chi connectivity index (χ3v) is 2.14. The molecule has 0 aromatic heterocycles. The van der Waals surface area contributed by atoms with E-state index in [1.165, 1.54) is 0 Å². The number of carbonyl (C=O) groups is 1. The minimum Gasteiger partial charge on any atom is -0.507 e. The summed E-state index contributed by atoms with van der Waals surface area (Å²) in [7, 11) is 1.71. The van der Waals surface area contributed by atoms with Crippen LogP contribution < -0.4 is 5.32 Å². The van der Waals surface area contributed by atoms with E-state index in [2.05, 4.69) is 5.32 Å². The highest BCUT2D eigenvalue weighted by Crippen LogP contribution is 2.22. The first-order valence-corrected chi connectivity index (χ1v) is 4.69. The number of phenolic OH excluding ortho intramolecular Hbond substituents is 1. The predicted molar refractivity (Wildman–Crippen MR) is 55.7 cm³/mol. The lowest BCUT2D eigenvalue weighted by Crippen LogP contribution is -2.18. The molecule has 0 radical (unpaired) electrons. The monoisotopic (exact) mass is 193 g/mol. The second kappa shape index (κ2) is 4.77. The summed E-state index contributed by atoms with van der Waals surface area (Å²) in [5.41, 5.74) is 1.21. The molecule has 1 aromatic rings. The van der Waals surface area contributed by atoms with E-state index >= 15 is 0 Å². The number of rotatable bonds is 4. The molecule has 1 aromatic carbocycles. The van der Waals surface area contributed by atoms with Gasteiger partial charge in [0, 0.05) is 0 Å². The Bertz CT molecular complexity index is 334. The number of Topliss-reactive ketones (excluding diaryl/α,β-unsaturated/α-hetero) is 1. The summed E-state index contributed by atoms with van der Waals surface area (Å²) in [5.74, 6) is 0.0375. The summed E-state index contributed by atoms with van der Waals surface area (Å²) in [4.78, 5) is 11.5. The van der Waals surface area contributed by atoms with Crippen LogP contribution in [-0.4, -0.2) is 24.5 Å². The quantitative estimate of drug-likeness (QED) is 0.710. The molecule has 1 rings (SSSR count). The van der Waals surface area contributed by atoms with Crippen LogP contribution >= 0.6 is 0 Å². The van der Waals surface area contributed by atoms with Crippen LogP contribution in [0.2, 0.25) is 0 Å². The first-order chi connectivity index (χ1) is 6.70. The van der Waals surface area contributed by atoms with Crippen molar-refractivity contribution in [3.05, 3.63) is 29.3 Å². The zero-order valence-corrected chi connectivity index (χ0v) is 8.50. The van der Waals surface area contributed by atoms with E-state index in [-0.39, 0.29) is 18.1 Å². The smallest absolute Gasteiger partial charge is 0.180 e. The largest absolute Gasteiger partial charge is 0.507 e. The SMILES string of the molecule is CCc1cccc(C(=O)CNC)c1O. The van der Waals surface area contributed by atoms with Crippen molar-refractivity contribution in [1.29, 1.82) is 0 Å². The number of hydrogen-bond donors (Lipinski definition) is 2. The van der Waals surface area contributed by atoms with Gasteiger partial charge >= 0.3 is 0 Å². The fourth-order valence-electron chi connectivity index (χ4n) is 1.36. The zero-order valence-electron chi connectivity index (χ0n) is 8.50. The van der Waals surface area contributed by atoms with E-state index in [0.717, 1.165) is 12.0 Å². The first-order valence-electron chi connectivity index (χ1n) is 4.69. The molecule has 0 aliphatic rings. The lowest BCUT2D eigenvalue weighted by molar-refractivity contribution is 0.0991. The summed E-state index contributed by atoms with van der Waals surface area (Å²) in [5, 5.41) is 12.5. The van der Waals surface area contributed by atoms with Crippen molar-refractivity contribution in [2.24, 2.45) is 0 Å². The molecule has 3 heteroatoms. The Morgan fingerprint density at radius 3 is 2.79 bits per heavy atom. The number of aryl methyl sites for hydroxylation is 1. The van der Waals surface area contributed by atoms with Crippen molar-refractivity contribution in [1.82, 2.24) is 5.32 Å². The molecule has 0 fully saturated rings. The second-order valence-electron chi connectivity index (χ2n) is 3.12. The summed E-state index contributed by atoms with van der Waals surface area (Å²) in [6.45, 7) is 2.20. The number of benzene rings is 1. The maximum Gasteiger partial charge on any atom is 0.180 e. The molecule has 3 nitrogen and oxygen atoms in total. The fraction of sp³-hybridized carbons (Fsp3) is 0.364. The van der Waals surface area contributed by atoms with Crippen LogP contribution in [0.25, 0.3) is 0 Å². The summed E-state index contributed by atoms with van der Waals surface area (Å²) < 4.78 is 0. The number of likely N-dealkylation sites (N-methyl/N-ethyl adjacent to an activating group) is 1. The number of carbonyl (C=O) groups excluding carboxylic acids is 1. The van der Waals surface area contributed by atoms with Crippen molar-refractivity contribution < 1.29 is 9.90 Å². The molecule has 2 N–H and O–H groups in total. The number of aromatic hydroxyl groups is 1. The molecule has 0 aliphatic carbocycles. The number of ketones is 1.